The largest absolute Gasteiger partial charge is 0.384 e. The lowest BCUT2D eigenvalue weighted by atomic mass is 10.0. The summed E-state index contributed by atoms with van der Waals surface area (Å²) in [6.07, 6.45) is 0. The molecule has 1 aliphatic rings. The van der Waals surface area contributed by atoms with E-state index in [1.165, 1.54) is 5.56 Å². The summed E-state index contributed by atoms with van der Waals surface area (Å²) < 4.78 is 0. The molecule has 0 radical (unpaired) electrons. The van der Waals surface area contributed by atoms with Crippen LogP contribution in [0.5, 0.6) is 0 Å². The van der Waals surface area contributed by atoms with Crippen molar-refractivity contribution in [1.82, 2.24) is 0 Å². The smallest absolute Gasteiger partial charge is 0.0613 e. The van der Waals surface area contributed by atoms with Gasteiger partial charge in [-0.2, -0.15) is 0 Å². The fourth-order valence-electron chi connectivity index (χ4n) is 1.53. The maximum absolute atomic E-state index is 5.94. The minimum Gasteiger partial charge on any atom is -0.384 e. The van der Waals surface area contributed by atoms with Crippen LogP contribution in [0.4, 0.5) is 5.69 Å². The Morgan fingerprint density at radius 1 is 1.38 bits per heavy atom. The molecule has 0 saturated heterocycles. The van der Waals surface area contributed by atoms with E-state index in [0.29, 0.717) is 16.0 Å². The number of benzene rings is 1. The van der Waals surface area contributed by atoms with Gasteiger partial charge in [0.15, 0.2) is 0 Å². The molecule has 1 aliphatic heterocycles. The highest BCUT2D eigenvalue weighted by atomic mass is 79.9. The highest BCUT2D eigenvalue weighted by Crippen LogP contribution is 2.37. The summed E-state index contributed by atoms with van der Waals surface area (Å²) in [6.45, 7) is 0.956. The minimum atomic E-state index is 0.504. The van der Waals surface area contributed by atoms with Crippen molar-refractivity contribution in [1.29, 1.82) is 0 Å². The Morgan fingerprint density at radius 2 is 2.08 bits per heavy atom. The van der Waals surface area contributed by atoms with Gasteiger partial charge in [-0.25, -0.2) is 0 Å². The average Bonchev–Trinajstić information content (AvgIpc) is 2.48. The van der Waals surface area contributed by atoms with E-state index in [1.54, 1.807) is 0 Å². The van der Waals surface area contributed by atoms with E-state index in [1.807, 2.05) is 12.1 Å². The summed E-state index contributed by atoms with van der Waals surface area (Å²) in [5, 5.41) is 5.49. The highest BCUT2D eigenvalue weighted by molar-refractivity contribution is 9.09. The second-order valence-corrected chi connectivity index (χ2v) is 4.55. The van der Waals surface area contributed by atoms with Crippen LogP contribution in [0.25, 0.3) is 0 Å². The van der Waals surface area contributed by atoms with Crippen molar-refractivity contribution in [2.45, 2.75) is 5.92 Å². The second kappa shape index (κ2) is 3.68. The predicted octanol–water partition coefficient (Wildman–Crippen LogP) is 3.90. The van der Waals surface area contributed by atoms with Crippen LogP contribution < -0.4 is 5.32 Å². The third kappa shape index (κ3) is 1.67. The van der Waals surface area contributed by atoms with Crippen molar-refractivity contribution in [3.05, 3.63) is 27.7 Å². The SMILES string of the molecule is Clc1cc2c(cc1Cl)C(CBr)CN2. The van der Waals surface area contributed by atoms with Gasteiger partial charge in [-0.1, -0.05) is 39.1 Å². The molecule has 2 rings (SSSR count). The van der Waals surface area contributed by atoms with Crippen molar-refractivity contribution >= 4 is 44.8 Å². The van der Waals surface area contributed by atoms with Crippen LogP contribution in [0.1, 0.15) is 11.5 Å². The summed E-state index contributed by atoms with van der Waals surface area (Å²) >= 11 is 15.3. The van der Waals surface area contributed by atoms with E-state index in [9.17, 15) is 0 Å². The molecule has 0 spiro atoms. The summed E-state index contributed by atoms with van der Waals surface area (Å²) in [7, 11) is 0. The molecule has 0 aromatic heterocycles. The third-order valence-electron chi connectivity index (χ3n) is 2.26. The van der Waals surface area contributed by atoms with E-state index in [0.717, 1.165) is 17.6 Å². The summed E-state index contributed by atoms with van der Waals surface area (Å²) in [6, 6.07) is 3.84. The number of hydrogen-bond acceptors (Lipinski definition) is 1. The standard InChI is InChI=1S/C9H8BrCl2N/c10-3-5-4-13-9-2-8(12)7(11)1-6(5)9/h1-2,5,13H,3-4H2. The Bertz CT molecular complexity index is 341. The molecule has 70 valence electrons. The highest BCUT2D eigenvalue weighted by Gasteiger charge is 2.22. The fourth-order valence-corrected chi connectivity index (χ4v) is 2.45. The van der Waals surface area contributed by atoms with Gasteiger partial charge in [0.05, 0.1) is 10.0 Å². The van der Waals surface area contributed by atoms with Gasteiger partial charge in [-0.3, -0.25) is 0 Å². The lowest BCUT2D eigenvalue weighted by molar-refractivity contribution is 0.874. The number of fused-ring (bicyclic) bond motifs is 1. The Morgan fingerprint density at radius 3 is 2.77 bits per heavy atom. The average molecular weight is 281 g/mol. The van der Waals surface area contributed by atoms with Crippen LogP contribution in [-0.2, 0) is 0 Å². The molecule has 1 unspecified atom stereocenters. The van der Waals surface area contributed by atoms with E-state index in [2.05, 4.69) is 21.2 Å². The molecule has 0 saturated carbocycles. The molecule has 4 heteroatoms. The zero-order valence-corrected chi connectivity index (χ0v) is 9.88. The summed E-state index contributed by atoms with van der Waals surface area (Å²) in [5.41, 5.74) is 2.37. The normalized spacial score (nSPS) is 19.8. The molecule has 0 aliphatic carbocycles. The van der Waals surface area contributed by atoms with Gasteiger partial charge < -0.3 is 5.32 Å². The molecular weight excluding hydrogens is 273 g/mol. The van der Waals surface area contributed by atoms with Crippen molar-refractivity contribution in [2.75, 3.05) is 17.2 Å². The molecule has 0 bridgehead atoms. The molecule has 13 heavy (non-hydrogen) atoms. The van der Waals surface area contributed by atoms with Crippen LogP contribution in [-0.4, -0.2) is 11.9 Å². The summed E-state index contributed by atoms with van der Waals surface area (Å²) in [4.78, 5) is 0. The fraction of sp³-hybridized carbons (Fsp3) is 0.333. The van der Waals surface area contributed by atoms with Gasteiger partial charge in [0.25, 0.3) is 0 Å². The number of nitrogens with one attached hydrogen (secondary N) is 1. The molecule has 1 heterocycles. The number of hydrogen-bond donors (Lipinski definition) is 1. The van der Waals surface area contributed by atoms with Crippen molar-refractivity contribution in [3.8, 4) is 0 Å². The van der Waals surface area contributed by atoms with Crippen LogP contribution >= 0.6 is 39.1 Å². The zero-order valence-electron chi connectivity index (χ0n) is 6.78. The van der Waals surface area contributed by atoms with Crippen molar-refractivity contribution in [3.63, 3.8) is 0 Å². The van der Waals surface area contributed by atoms with Gasteiger partial charge in [0.2, 0.25) is 0 Å². The third-order valence-corrected chi connectivity index (χ3v) is 3.76. The molecule has 1 atom stereocenters. The quantitative estimate of drug-likeness (QED) is 0.770. The minimum absolute atomic E-state index is 0.504. The second-order valence-electron chi connectivity index (χ2n) is 3.09. The van der Waals surface area contributed by atoms with Gasteiger partial charge in [0, 0.05) is 23.5 Å². The lowest BCUT2D eigenvalue weighted by Crippen LogP contribution is -2.02. The van der Waals surface area contributed by atoms with E-state index in [4.69, 9.17) is 23.2 Å². The molecular formula is C9H8BrCl2N. The predicted molar refractivity (Wildman–Crippen MR) is 61.5 cm³/mol. The van der Waals surface area contributed by atoms with Crippen molar-refractivity contribution in [2.24, 2.45) is 0 Å². The van der Waals surface area contributed by atoms with E-state index in [-0.39, 0.29) is 0 Å². The molecule has 0 fully saturated rings. The van der Waals surface area contributed by atoms with Crippen LogP contribution in [0.15, 0.2) is 12.1 Å². The maximum Gasteiger partial charge on any atom is 0.0613 e. The lowest BCUT2D eigenvalue weighted by Gasteiger charge is -2.06. The summed E-state index contributed by atoms with van der Waals surface area (Å²) in [5.74, 6) is 0.504. The number of rotatable bonds is 1. The first kappa shape index (κ1) is 9.63. The molecule has 0 amide bonds. The Labute approximate surface area is 95.5 Å². The molecule has 1 N–H and O–H groups in total. The van der Waals surface area contributed by atoms with Gasteiger partial charge in [-0.05, 0) is 17.7 Å². The zero-order chi connectivity index (χ0) is 9.42. The Kier molecular flexibility index (Phi) is 2.72. The topological polar surface area (TPSA) is 12.0 Å². The first-order valence-corrected chi connectivity index (χ1v) is 5.89. The first-order valence-electron chi connectivity index (χ1n) is 4.01. The molecule has 1 aromatic carbocycles. The van der Waals surface area contributed by atoms with Gasteiger partial charge >= 0.3 is 0 Å². The van der Waals surface area contributed by atoms with Gasteiger partial charge in [0.1, 0.15) is 0 Å². The van der Waals surface area contributed by atoms with Crippen molar-refractivity contribution < 1.29 is 0 Å². The monoisotopic (exact) mass is 279 g/mol. The Hall–Kier alpha value is 0.0800. The number of anilines is 1. The first-order chi connectivity index (χ1) is 6.22. The van der Waals surface area contributed by atoms with E-state index < -0.39 is 0 Å². The van der Waals surface area contributed by atoms with Crippen LogP contribution in [0.3, 0.4) is 0 Å². The number of alkyl halides is 1. The molecule has 1 aromatic rings. The molecule has 1 nitrogen and oxygen atoms in total. The van der Waals surface area contributed by atoms with Crippen LogP contribution in [0.2, 0.25) is 10.0 Å². The van der Waals surface area contributed by atoms with Gasteiger partial charge in [-0.15, -0.1) is 0 Å². The van der Waals surface area contributed by atoms with E-state index >= 15 is 0 Å². The van der Waals surface area contributed by atoms with Crippen LogP contribution in [0, 0.1) is 0 Å². The maximum atomic E-state index is 5.94. The Balaban J connectivity index is 2.47. The number of halogens is 3.